The van der Waals surface area contributed by atoms with Gasteiger partial charge in [-0.15, -0.1) is 0 Å². The SMILES string of the molecule is Cc1ccc(OCCNC(=O)NCCc2ccccc2)cc1. The summed E-state index contributed by atoms with van der Waals surface area (Å²) >= 11 is 0. The third-order valence-electron chi connectivity index (χ3n) is 3.22. The molecule has 0 aromatic heterocycles. The predicted octanol–water partition coefficient (Wildman–Crippen LogP) is 2.92. The fourth-order valence-corrected chi connectivity index (χ4v) is 2.00. The van der Waals surface area contributed by atoms with Crippen molar-refractivity contribution in [2.45, 2.75) is 13.3 Å². The average molecular weight is 298 g/mol. The van der Waals surface area contributed by atoms with Crippen molar-refractivity contribution in [3.05, 3.63) is 65.7 Å². The second-order valence-corrected chi connectivity index (χ2v) is 5.08. The Morgan fingerprint density at radius 1 is 0.955 bits per heavy atom. The predicted molar refractivity (Wildman–Crippen MR) is 88.2 cm³/mol. The van der Waals surface area contributed by atoms with Crippen LogP contribution in [0, 0.1) is 6.92 Å². The molecule has 0 saturated heterocycles. The van der Waals surface area contributed by atoms with Gasteiger partial charge in [-0.2, -0.15) is 0 Å². The van der Waals surface area contributed by atoms with Crippen molar-refractivity contribution in [1.29, 1.82) is 0 Å². The van der Waals surface area contributed by atoms with Crippen molar-refractivity contribution in [3.8, 4) is 5.75 Å². The molecule has 4 nitrogen and oxygen atoms in total. The molecule has 22 heavy (non-hydrogen) atoms. The van der Waals surface area contributed by atoms with Crippen LogP contribution in [0.5, 0.6) is 5.75 Å². The van der Waals surface area contributed by atoms with E-state index in [1.807, 2.05) is 49.4 Å². The van der Waals surface area contributed by atoms with Crippen molar-refractivity contribution in [1.82, 2.24) is 10.6 Å². The highest BCUT2D eigenvalue weighted by Crippen LogP contribution is 2.10. The van der Waals surface area contributed by atoms with E-state index in [2.05, 4.69) is 22.8 Å². The van der Waals surface area contributed by atoms with Crippen LogP contribution in [0.1, 0.15) is 11.1 Å². The molecule has 0 unspecified atom stereocenters. The summed E-state index contributed by atoms with van der Waals surface area (Å²) < 4.78 is 5.54. The van der Waals surface area contributed by atoms with Gasteiger partial charge in [-0.1, -0.05) is 48.0 Å². The van der Waals surface area contributed by atoms with Crippen LogP contribution >= 0.6 is 0 Å². The van der Waals surface area contributed by atoms with E-state index in [0.717, 1.165) is 12.2 Å². The molecule has 2 aromatic rings. The summed E-state index contributed by atoms with van der Waals surface area (Å²) in [5, 5.41) is 5.61. The van der Waals surface area contributed by atoms with Crippen LogP contribution in [0.4, 0.5) is 4.79 Å². The standard InChI is InChI=1S/C18H22N2O2/c1-15-7-9-17(10-8-15)22-14-13-20-18(21)19-12-11-16-5-3-2-4-6-16/h2-10H,11-14H2,1H3,(H2,19,20,21). The van der Waals surface area contributed by atoms with Gasteiger partial charge in [0.1, 0.15) is 12.4 Å². The Kier molecular flexibility index (Phi) is 6.30. The largest absolute Gasteiger partial charge is 0.492 e. The van der Waals surface area contributed by atoms with E-state index in [4.69, 9.17) is 4.74 Å². The van der Waals surface area contributed by atoms with E-state index in [1.165, 1.54) is 11.1 Å². The Morgan fingerprint density at radius 2 is 1.64 bits per heavy atom. The van der Waals surface area contributed by atoms with Gasteiger partial charge in [0, 0.05) is 6.54 Å². The second-order valence-electron chi connectivity index (χ2n) is 5.08. The number of carbonyl (C=O) groups excluding carboxylic acids is 1. The summed E-state index contributed by atoms with van der Waals surface area (Å²) in [6, 6.07) is 17.8. The number of urea groups is 1. The van der Waals surface area contributed by atoms with E-state index in [-0.39, 0.29) is 6.03 Å². The van der Waals surface area contributed by atoms with Crippen molar-refractivity contribution < 1.29 is 9.53 Å². The summed E-state index contributed by atoms with van der Waals surface area (Å²) in [5.74, 6) is 0.817. The zero-order valence-electron chi connectivity index (χ0n) is 12.8. The zero-order valence-corrected chi connectivity index (χ0v) is 12.8. The minimum absolute atomic E-state index is 0.163. The molecule has 2 rings (SSSR count). The Bertz CT molecular complexity index is 567. The minimum Gasteiger partial charge on any atom is -0.492 e. The molecular formula is C18H22N2O2. The summed E-state index contributed by atoms with van der Waals surface area (Å²) in [4.78, 5) is 11.6. The Morgan fingerprint density at radius 3 is 2.36 bits per heavy atom. The second kappa shape index (κ2) is 8.72. The van der Waals surface area contributed by atoms with Crippen LogP contribution in [-0.2, 0) is 6.42 Å². The number of aryl methyl sites for hydroxylation is 1. The summed E-state index contributed by atoms with van der Waals surface area (Å²) in [6.45, 7) is 3.58. The fraction of sp³-hybridized carbons (Fsp3) is 0.278. The zero-order chi connectivity index (χ0) is 15.6. The van der Waals surface area contributed by atoms with Gasteiger partial charge in [-0.25, -0.2) is 4.79 Å². The molecule has 0 saturated carbocycles. The molecule has 0 aliphatic rings. The van der Waals surface area contributed by atoms with Crippen LogP contribution < -0.4 is 15.4 Å². The molecule has 0 aliphatic heterocycles. The fourth-order valence-electron chi connectivity index (χ4n) is 2.00. The van der Waals surface area contributed by atoms with Crippen LogP contribution in [0.15, 0.2) is 54.6 Å². The Labute approximate surface area is 131 Å². The maximum absolute atomic E-state index is 11.6. The number of benzene rings is 2. The normalized spacial score (nSPS) is 10.0. The first kappa shape index (κ1) is 15.9. The quantitative estimate of drug-likeness (QED) is 0.772. The van der Waals surface area contributed by atoms with Crippen LogP contribution in [0.2, 0.25) is 0 Å². The molecule has 0 bridgehead atoms. The third-order valence-corrected chi connectivity index (χ3v) is 3.22. The van der Waals surface area contributed by atoms with Crippen LogP contribution in [0.25, 0.3) is 0 Å². The first-order chi connectivity index (χ1) is 10.7. The van der Waals surface area contributed by atoms with E-state index in [0.29, 0.717) is 19.7 Å². The highest BCUT2D eigenvalue weighted by Gasteiger charge is 1.99. The lowest BCUT2D eigenvalue weighted by Gasteiger charge is -2.09. The average Bonchev–Trinajstić information content (AvgIpc) is 2.54. The molecule has 116 valence electrons. The molecule has 2 amide bonds. The van der Waals surface area contributed by atoms with Gasteiger partial charge in [-0.3, -0.25) is 0 Å². The first-order valence-corrected chi connectivity index (χ1v) is 7.49. The van der Waals surface area contributed by atoms with E-state index < -0.39 is 0 Å². The summed E-state index contributed by atoms with van der Waals surface area (Å²) in [5.41, 5.74) is 2.41. The maximum Gasteiger partial charge on any atom is 0.314 e. The van der Waals surface area contributed by atoms with Gasteiger partial charge in [-0.05, 0) is 31.0 Å². The lowest BCUT2D eigenvalue weighted by molar-refractivity contribution is 0.236. The molecule has 4 heteroatoms. The van der Waals surface area contributed by atoms with Gasteiger partial charge in [0.15, 0.2) is 0 Å². The van der Waals surface area contributed by atoms with E-state index in [1.54, 1.807) is 0 Å². The molecule has 0 radical (unpaired) electrons. The van der Waals surface area contributed by atoms with Gasteiger partial charge in [0.25, 0.3) is 0 Å². The first-order valence-electron chi connectivity index (χ1n) is 7.49. The number of nitrogens with one attached hydrogen (secondary N) is 2. The summed E-state index contributed by atoms with van der Waals surface area (Å²) in [6.07, 6.45) is 0.828. The van der Waals surface area contributed by atoms with Crippen molar-refractivity contribution in [2.75, 3.05) is 19.7 Å². The molecule has 0 aliphatic carbocycles. The monoisotopic (exact) mass is 298 g/mol. The Balaban J connectivity index is 1.55. The smallest absolute Gasteiger partial charge is 0.314 e. The van der Waals surface area contributed by atoms with Crippen molar-refractivity contribution in [2.24, 2.45) is 0 Å². The highest BCUT2D eigenvalue weighted by atomic mass is 16.5. The Hall–Kier alpha value is -2.49. The van der Waals surface area contributed by atoms with Crippen molar-refractivity contribution >= 4 is 6.03 Å². The minimum atomic E-state index is -0.163. The number of amides is 2. The number of rotatable bonds is 7. The molecule has 2 aromatic carbocycles. The van der Waals surface area contributed by atoms with Gasteiger partial charge in [0.2, 0.25) is 0 Å². The number of hydrogen-bond acceptors (Lipinski definition) is 2. The molecule has 0 fully saturated rings. The van der Waals surface area contributed by atoms with E-state index in [9.17, 15) is 4.79 Å². The third kappa shape index (κ3) is 5.87. The molecule has 2 N–H and O–H groups in total. The lowest BCUT2D eigenvalue weighted by Crippen LogP contribution is -2.38. The van der Waals surface area contributed by atoms with Crippen molar-refractivity contribution in [3.63, 3.8) is 0 Å². The number of ether oxygens (including phenoxy) is 1. The molecule has 0 spiro atoms. The van der Waals surface area contributed by atoms with Crippen LogP contribution in [0.3, 0.4) is 0 Å². The molecular weight excluding hydrogens is 276 g/mol. The maximum atomic E-state index is 11.6. The topological polar surface area (TPSA) is 50.4 Å². The summed E-state index contributed by atoms with van der Waals surface area (Å²) in [7, 11) is 0. The number of carbonyl (C=O) groups is 1. The molecule has 0 heterocycles. The van der Waals surface area contributed by atoms with Gasteiger partial charge < -0.3 is 15.4 Å². The van der Waals surface area contributed by atoms with Crippen LogP contribution in [-0.4, -0.2) is 25.7 Å². The van der Waals surface area contributed by atoms with Gasteiger partial charge >= 0.3 is 6.03 Å². The lowest BCUT2D eigenvalue weighted by atomic mass is 10.1. The molecule has 0 atom stereocenters. The van der Waals surface area contributed by atoms with Gasteiger partial charge in [0.05, 0.1) is 6.54 Å². The van der Waals surface area contributed by atoms with E-state index >= 15 is 0 Å². The number of hydrogen-bond donors (Lipinski definition) is 2. The highest BCUT2D eigenvalue weighted by molar-refractivity contribution is 5.73.